The minimum Gasteiger partial charge on any atom is -0.497 e. The monoisotopic (exact) mass is 276 g/mol. The Hall–Kier alpha value is -1.55. The highest BCUT2D eigenvalue weighted by molar-refractivity contribution is 5.73. The van der Waals surface area contributed by atoms with Crippen molar-refractivity contribution in [3.8, 4) is 5.75 Å². The summed E-state index contributed by atoms with van der Waals surface area (Å²) in [5.41, 5.74) is 1.34. The number of nitrogens with zero attached hydrogens (tertiary/aromatic N) is 1. The maximum atomic E-state index is 11.0. The van der Waals surface area contributed by atoms with Gasteiger partial charge in [-0.3, -0.25) is 4.79 Å². The molecule has 0 spiro atoms. The van der Waals surface area contributed by atoms with E-state index in [2.05, 4.69) is 22.3 Å². The minimum absolute atomic E-state index is 0.0849. The van der Waals surface area contributed by atoms with Gasteiger partial charge in [0.2, 0.25) is 5.91 Å². The van der Waals surface area contributed by atoms with Crippen LogP contribution in [-0.2, 0) is 11.2 Å². The van der Waals surface area contributed by atoms with Crippen LogP contribution >= 0.6 is 0 Å². The summed E-state index contributed by atoms with van der Waals surface area (Å²) in [6.07, 6.45) is 3.18. The van der Waals surface area contributed by atoms with E-state index >= 15 is 0 Å². The fourth-order valence-corrected chi connectivity index (χ4v) is 2.67. The van der Waals surface area contributed by atoms with Crippen LogP contribution in [0.1, 0.15) is 25.3 Å². The lowest BCUT2D eigenvalue weighted by Gasteiger charge is -2.32. The van der Waals surface area contributed by atoms with E-state index in [1.165, 1.54) is 5.56 Å². The topological polar surface area (TPSA) is 41.6 Å². The molecule has 0 radical (unpaired) electrons. The molecule has 1 N–H and O–H groups in total. The van der Waals surface area contributed by atoms with Gasteiger partial charge in [0.15, 0.2) is 0 Å². The van der Waals surface area contributed by atoms with Crippen molar-refractivity contribution >= 4 is 5.91 Å². The molecule has 0 unspecified atom stereocenters. The lowest BCUT2D eigenvalue weighted by Crippen LogP contribution is -2.44. The molecule has 20 heavy (non-hydrogen) atoms. The highest BCUT2D eigenvalue weighted by Crippen LogP contribution is 2.14. The van der Waals surface area contributed by atoms with Gasteiger partial charge >= 0.3 is 0 Å². The second-order valence-corrected chi connectivity index (χ2v) is 5.41. The zero-order valence-electron chi connectivity index (χ0n) is 12.4. The molecule has 1 aliphatic heterocycles. The Balaban J connectivity index is 1.71. The number of methoxy groups -OCH3 is 1. The van der Waals surface area contributed by atoms with Crippen LogP contribution in [-0.4, -0.2) is 43.6 Å². The first kappa shape index (κ1) is 14.9. The zero-order valence-corrected chi connectivity index (χ0v) is 12.4. The summed E-state index contributed by atoms with van der Waals surface area (Å²) in [5.74, 6) is 0.992. The van der Waals surface area contributed by atoms with Crippen LogP contribution in [0.4, 0.5) is 0 Å². The first-order chi connectivity index (χ1) is 9.67. The van der Waals surface area contributed by atoms with Crippen molar-refractivity contribution < 1.29 is 9.53 Å². The molecule has 0 bridgehead atoms. The number of amides is 1. The number of nitrogens with one attached hydrogen (secondary N) is 1. The molecule has 0 aromatic heterocycles. The largest absolute Gasteiger partial charge is 0.497 e. The van der Waals surface area contributed by atoms with Gasteiger partial charge in [-0.25, -0.2) is 0 Å². The van der Waals surface area contributed by atoms with Gasteiger partial charge in [0, 0.05) is 32.6 Å². The van der Waals surface area contributed by atoms with E-state index in [0.29, 0.717) is 6.04 Å². The normalized spacial score (nSPS) is 16.9. The summed E-state index contributed by atoms with van der Waals surface area (Å²) < 4.78 is 5.16. The van der Waals surface area contributed by atoms with E-state index in [-0.39, 0.29) is 5.91 Å². The van der Waals surface area contributed by atoms with Gasteiger partial charge < -0.3 is 15.0 Å². The molecule has 0 atom stereocenters. The quantitative estimate of drug-likeness (QED) is 0.892. The van der Waals surface area contributed by atoms with Crippen molar-refractivity contribution in [3.05, 3.63) is 29.8 Å². The molecule has 2 rings (SSSR count). The van der Waals surface area contributed by atoms with Crippen molar-refractivity contribution in [2.45, 2.75) is 32.2 Å². The fourth-order valence-electron chi connectivity index (χ4n) is 2.67. The van der Waals surface area contributed by atoms with E-state index in [1.54, 1.807) is 14.0 Å². The standard InChI is InChI=1S/C16H24N2O2/c1-13(19)17-15-8-11-18(12-9-15)10-7-14-3-5-16(20-2)6-4-14/h3-6,15H,7-12H2,1-2H3,(H,17,19). The van der Waals surface area contributed by atoms with E-state index in [4.69, 9.17) is 4.74 Å². The fraction of sp³-hybridized carbons (Fsp3) is 0.562. The number of carbonyl (C=O) groups is 1. The number of hydrogen-bond acceptors (Lipinski definition) is 3. The van der Waals surface area contributed by atoms with Gasteiger partial charge in [0.25, 0.3) is 0 Å². The van der Waals surface area contributed by atoms with Crippen LogP contribution in [0, 0.1) is 0 Å². The molecule has 0 aliphatic carbocycles. The Morgan fingerprint density at radius 2 is 1.95 bits per heavy atom. The summed E-state index contributed by atoms with van der Waals surface area (Å²) in [6.45, 7) is 4.82. The van der Waals surface area contributed by atoms with E-state index in [0.717, 1.165) is 44.6 Å². The molecule has 1 aromatic carbocycles. The highest BCUT2D eigenvalue weighted by atomic mass is 16.5. The summed E-state index contributed by atoms with van der Waals surface area (Å²) in [6, 6.07) is 8.65. The van der Waals surface area contributed by atoms with Crippen molar-refractivity contribution in [2.75, 3.05) is 26.7 Å². The van der Waals surface area contributed by atoms with E-state index < -0.39 is 0 Å². The van der Waals surface area contributed by atoms with Crippen LogP contribution in [0.5, 0.6) is 5.75 Å². The molecule has 1 heterocycles. The van der Waals surface area contributed by atoms with Gasteiger partial charge in [-0.05, 0) is 37.0 Å². The minimum atomic E-state index is 0.0849. The predicted molar refractivity (Wildman–Crippen MR) is 80.0 cm³/mol. The Morgan fingerprint density at radius 3 is 2.50 bits per heavy atom. The Morgan fingerprint density at radius 1 is 1.30 bits per heavy atom. The Labute approximate surface area is 121 Å². The van der Waals surface area contributed by atoms with Gasteiger partial charge in [-0.15, -0.1) is 0 Å². The van der Waals surface area contributed by atoms with Crippen LogP contribution in [0.25, 0.3) is 0 Å². The van der Waals surface area contributed by atoms with Crippen LogP contribution < -0.4 is 10.1 Å². The Bertz CT molecular complexity index is 423. The molecule has 1 saturated heterocycles. The van der Waals surface area contributed by atoms with E-state index in [9.17, 15) is 4.79 Å². The smallest absolute Gasteiger partial charge is 0.217 e. The van der Waals surface area contributed by atoms with Gasteiger partial charge in [0.05, 0.1) is 7.11 Å². The van der Waals surface area contributed by atoms with Crippen molar-refractivity contribution in [2.24, 2.45) is 0 Å². The van der Waals surface area contributed by atoms with E-state index in [1.807, 2.05) is 12.1 Å². The van der Waals surface area contributed by atoms with Crippen LogP contribution in [0.2, 0.25) is 0 Å². The predicted octanol–water partition coefficient (Wildman–Crippen LogP) is 1.84. The first-order valence-corrected chi connectivity index (χ1v) is 7.30. The number of ether oxygens (including phenoxy) is 1. The summed E-state index contributed by atoms with van der Waals surface area (Å²) in [5, 5.41) is 3.01. The molecule has 1 aliphatic rings. The molecule has 4 heteroatoms. The molecule has 1 aromatic rings. The van der Waals surface area contributed by atoms with Gasteiger partial charge in [-0.2, -0.15) is 0 Å². The van der Waals surface area contributed by atoms with Gasteiger partial charge in [0.1, 0.15) is 5.75 Å². The molecule has 4 nitrogen and oxygen atoms in total. The SMILES string of the molecule is COc1ccc(CCN2CCC(NC(C)=O)CC2)cc1. The molecule has 110 valence electrons. The third-order valence-corrected chi connectivity index (χ3v) is 3.87. The molecular weight excluding hydrogens is 252 g/mol. The number of likely N-dealkylation sites (tertiary alicyclic amines) is 1. The third kappa shape index (κ3) is 4.53. The Kier molecular flexibility index (Phi) is 5.41. The maximum absolute atomic E-state index is 11.0. The summed E-state index contributed by atoms with van der Waals surface area (Å²) in [7, 11) is 1.69. The second-order valence-electron chi connectivity index (χ2n) is 5.41. The molecule has 1 amide bonds. The van der Waals surface area contributed by atoms with Crippen molar-refractivity contribution in [1.82, 2.24) is 10.2 Å². The van der Waals surface area contributed by atoms with Crippen molar-refractivity contribution in [1.29, 1.82) is 0 Å². The average molecular weight is 276 g/mol. The zero-order chi connectivity index (χ0) is 14.4. The third-order valence-electron chi connectivity index (χ3n) is 3.87. The maximum Gasteiger partial charge on any atom is 0.217 e. The lowest BCUT2D eigenvalue weighted by molar-refractivity contribution is -0.119. The number of piperidine rings is 1. The number of benzene rings is 1. The first-order valence-electron chi connectivity index (χ1n) is 7.30. The number of rotatable bonds is 5. The molecular formula is C16H24N2O2. The van der Waals surface area contributed by atoms with Crippen LogP contribution in [0.15, 0.2) is 24.3 Å². The lowest BCUT2D eigenvalue weighted by atomic mass is 10.0. The molecule has 1 fully saturated rings. The highest BCUT2D eigenvalue weighted by Gasteiger charge is 2.19. The number of carbonyl (C=O) groups excluding carboxylic acids is 1. The van der Waals surface area contributed by atoms with Gasteiger partial charge in [-0.1, -0.05) is 12.1 Å². The second kappa shape index (κ2) is 7.29. The van der Waals surface area contributed by atoms with Crippen molar-refractivity contribution in [3.63, 3.8) is 0 Å². The molecule has 0 saturated carbocycles. The summed E-state index contributed by atoms with van der Waals surface area (Å²) >= 11 is 0. The van der Waals surface area contributed by atoms with Crippen LogP contribution in [0.3, 0.4) is 0 Å². The number of hydrogen-bond donors (Lipinski definition) is 1. The summed E-state index contributed by atoms with van der Waals surface area (Å²) in [4.78, 5) is 13.5. The average Bonchev–Trinajstić information content (AvgIpc) is 2.46.